The fourth-order valence-corrected chi connectivity index (χ4v) is 4.46. The van der Waals surface area contributed by atoms with Crippen molar-refractivity contribution in [1.29, 1.82) is 0 Å². The summed E-state index contributed by atoms with van der Waals surface area (Å²) in [5.41, 5.74) is 0.699. The van der Waals surface area contributed by atoms with E-state index in [1.54, 1.807) is 6.92 Å². The van der Waals surface area contributed by atoms with Gasteiger partial charge in [0.2, 0.25) is 0 Å². The Morgan fingerprint density at radius 3 is 2.16 bits per heavy atom. The Hall–Kier alpha value is -2.93. The number of methoxy groups -OCH3 is 1. The highest BCUT2D eigenvalue weighted by Gasteiger charge is 2.37. The molecule has 3 rings (SSSR count). The molecule has 32 heavy (non-hydrogen) atoms. The average molecular weight is 461 g/mol. The molecule has 0 amide bonds. The van der Waals surface area contributed by atoms with Crippen molar-refractivity contribution in [2.75, 3.05) is 13.7 Å². The van der Waals surface area contributed by atoms with Gasteiger partial charge in [0.05, 0.1) is 25.7 Å². The lowest BCUT2D eigenvalue weighted by Gasteiger charge is -2.23. The number of hydrogen-bond donors (Lipinski definition) is 0. The molecule has 7 heteroatoms. The van der Waals surface area contributed by atoms with Gasteiger partial charge in [-0.2, -0.15) is 13.2 Å². The van der Waals surface area contributed by atoms with Gasteiger partial charge < -0.3 is 9.47 Å². The predicted octanol–water partition coefficient (Wildman–Crippen LogP) is 6.78. The van der Waals surface area contributed by atoms with E-state index in [4.69, 9.17) is 9.47 Å². The van der Waals surface area contributed by atoms with Gasteiger partial charge in [0.1, 0.15) is 5.75 Å². The maximum atomic E-state index is 14.1. The number of ether oxygens (including phenoxy) is 2. The van der Waals surface area contributed by atoms with Crippen molar-refractivity contribution in [1.82, 2.24) is 0 Å². The van der Waals surface area contributed by atoms with Gasteiger partial charge in [-0.3, -0.25) is 4.79 Å². The number of carbonyl (C=O) groups is 1. The van der Waals surface area contributed by atoms with Crippen LogP contribution in [0.1, 0.15) is 23.6 Å². The molecule has 0 aliphatic carbocycles. The zero-order chi connectivity index (χ0) is 23.1. The molecule has 0 atom stereocenters. The molecule has 3 aromatic carbocycles. The number of carbonyl (C=O) groups excluding carboxylic acids is 1. The second-order valence-corrected chi connectivity index (χ2v) is 7.95. The van der Waals surface area contributed by atoms with Gasteiger partial charge in [-0.1, -0.05) is 48.5 Å². The van der Waals surface area contributed by atoms with Crippen molar-refractivity contribution >= 4 is 17.7 Å². The van der Waals surface area contributed by atoms with E-state index in [1.807, 2.05) is 60.7 Å². The minimum absolute atomic E-state index is 0.0842. The minimum Gasteiger partial charge on any atom is -0.496 e. The van der Waals surface area contributed by atoms with Gasteiger partial charge in [0, 0.05) is 16.2 Å². The van der Waals surface area contributed by atoms with E-state index in [-0.39, 0.29) is 23.7 Å². The van der Waals surface area contributed by atoms with E-state index in [0.29, 0.717) is 16.7 Å². The third-order valence-corrected chi connectivity index (χ3v) is 5.89. The molecule has 0 spiro atoms. The molecule has 0 heterocycles. The molecule has 0 aliphatic heterocycles. The molecule has 0 N–H and O–H groups in total. The summed E-state index contributed by atoms with van der Waals surface area (Å²) in [6.07, 6.45) is -5.13. The molecule has 0 radical (unpaired) electrons. The quantitative estimate of drug-likeness (QED) is 0.274. The molecule has 3 aromatic rings. The first kappa shape index (κ1) is 23.7. The molecule has 3 nitrogen and oxygen atoms in total. The first-order valence-corrected chi connectivity index (χ1v) is 11.0. The Labute approximate surface area is 189 Å². The topological polar surface area (TPSA) is 35.5 Å². The van der Waals surface area contributed by atoms with E-state index < -0.39 is 24.1 Å². The van der Waals surface area contributed by atoms with Gasteiger partial charge in [-0.25, -0.2) is 0 Å². The summed E-state index contributed by atoms with van der Waals surface area (Å²) in [6.45, 7) is 1.72. The zero-order valence-electron chi connectivity index (χ0n) is 17.7. The Morgan fingerprint density at radius 1 is 0.969 bits per heavy atom. The van der Waals surface area contributed by atoms with Crippen LogP contribution < -0.4 is 4.74 Å². The summed E-state index contributed by atoms with van der Waals surface area (Å²) >= 11 is 1.40. The minimum atomic E-state index is -4.66. The molecule has 0 unspecified atom stereocenters. The number of halogens is 3. The number of hydrogen-bond acceptors (Lipinski definition) is 4. The summed E-state index contributed by atoms with van der Waals surface area (Å²) in [7, 11) is 1.35. The summed E-state index contributed by atoms with van der Waals surface area (Å²) in [5.74, 6) is -0.364. The van der Waals surface area contributed by atoms with E-state index in [9.17, 15) is 18.0 Å². The lowest BCUT2D eigenvalue weighted by molar-refractivity contribution is -0.143. The highest BCUT2D eigenvalue weighted by molar-refractivity contribution is 7.98. The summed E-state index contributed by atoms with van der Waals surface area (Å²) < 4.78 is 52.6. The molecule has 0 aromatic heterocycles. The normalized spacial score (nSPS) is 11.3. The van der Waals surface area contributed by atoms with Gasteiger partial charge in [0.25, 0.3) is 0 Å². The molecule has 0 bridgehead atoms. The Kier molecular flexibility index (Phi) is 7.85. The molecule has 0 saturated carbocycles. The van der Waals surface area contributed by atoms with Gasteiger partial charge in [0.15, 0.2) is 0 Å². The summed E-state index contributed by atoms with van der Waals surface area (Å²) in [4.78, 5) is 13.2. The average Bonchev–Trinajstić information content (AvgIpc) is 2.78. The van der Waals surface area contributed by atoms with Crippen LogP contribution in [0.15, 0.2) is 71.6 Å². The van der Waals surface area contributed by atoms with E-state index in [2.05, 4.69) is 0 Å². The van der Waals surface area contributed by atoms with Crippen LogP contribution in [0.3, 0.4) is 0 Å². The van der Waals surface area contributed by atoms with Crippen molar-refractivity contribution in [3.8, 4) is 16.9 Å². The highest BCUT2D eigenvalue weighted by atomic mass is 32.2. The van der Waals surface area contributed by atoms with Gasteiger partial charge >= 0.3 is 12.1 Å². The van der Waals surface area contributed by atoms with Crippen molar-refractivity contribution in [3.05, 3.63) is 83.4 Å². The lowest BCUT2D eigenvalue weighted by atomic mass is 9.89. The van der Waals surface area contributed by atoms with Gasteiger partial charge in [-0.05, 0) is 41.8 Å². The first-order valence-electron chi connectivity index (χ1n) is 10.0. The SMILES string of the molecule is CCOC(=O)Cc1c(C(F)(F)F)cc(OC)c(-c2ccccc2)c1CSc1ccccc1. The van der Waals surface area contributed by atoms with Crippen LogP contribution in [0.2, 0.25) is 0 Å². The van der Waals surface area contributed by atoms with Crippen LogP contribution >= 0.6 is 11.8 Å². The Bertz CT molecular complexity index is 1050. The van der Waals surface area contributed by atoms with Crippen LogP contribution in [0.4, 0.5) is 13.2 Å². The molecule has 168 valence electrons. The largest absolute Gasteiger partial charge is 0.496 e. The second-order valence-electron chi connectivity index (χ2n) is 6.91. The van der Waals surface area contributed by atoms with Crippen LogP contribution in [0, 0.1) is 0 Å². The molecular weight excluding hydrogens is 437 g/mol. The monoisotopic (exact) mass is 460 g/mol. The molecule has 0 aliphatic rings. The Morgan fingerprint density at radius 2 is 1.59 bits per heavy atom. The maximum absolute atomic E-state index is 14.1. The van der Waals surface area contributed by atoms with Crippen LogP contribution in [-0.2, 0) is 27.9 Å². The predicted molar refractivity (Wildman–Crippen MR) is 120 cm³/mol. The number of benzene rings is 3. The van der Waals surface area contributed by atoms with Gasteiger partial charge in [-0.15, -0.1) is 11.8 Å². The molecule has 0 fully saturated rings. The zero-order valence-corrected chi connectivity index (χ0v) is 18.6. The van der Waals surface area contributed by atoms with Crippen LogP contribution in [0.25, 0.3) is 11.1 Å². The fourth-order valence-electron chi connectivity index (χ4n) is 3.48. The lowest BCUT2D eigenvalue weighted by Crippen LogP contribution is -2.17. The number of alkyl halides is 3. The number of rotatable bonds is 8. The van der Waals surface area contributed by atoms with Crippen molar-refractivity contribution in [2.45, 2.75) is 30.2 Å². The standard InChI is InChI=1S/C25H23F3O3S/c1-3-31-23(29)14-19-20(16-32-18-12-8-5-9-13-18)24(17-10-6-4-7-11-17)22(30-2)15-21(19)25(26,27)28/h4-13,15H,3,14,16H2,1-2H3. The number of esters is 1. The smallest absolute Gasteiger partial charge is 0.416 e. The van der Waals surface area contributed by atoms with Crippen LogP contribution in [0.5, 0.6) is 5.75 Å². The summed E-state index contributed by atoms with van der Waals surface area (Å²) in [5, 5.41) is 0. The highest BCUT2D eigenvalue weighted by Crippen LogP contribution is 2.45. The van der Waals surface area contributed by atoms with Crippen molar-refractivity contribution in [3.63, 3.8) is 0 Å². The summed E-state index contributed by atoms with van der Waals surface area (Å²) in [6, 6.07) is 19.5. The van der Waals surface area contributed by atoms with Crippen molar-refractivity contribution in [2.24, 2.45) is 0 Å². The third kappa shape index (κ3) is 5.65. The molecule has 0 saturated heterocycles. The van der Waals surface area contributed by atoms with E-state index in [0.717, 1.165) is 11.0 Å². The number of thioether (sulfide) groups is 1. The first-order chi connectivity index (χ1) is 15.3. The second kappa shape index (κ2) is 10.6. The third-order valence-electron chi connectivity index (χ3n) is 4.85. The van der Waals surface area contributed by atoms with E-state index in [1.165, 1.54) is 18.9 Å². The van der Waals surface area contributed by atoms with E-state index >= 15 is 0 Å². The van der Waals surface area contributed by atoms with Crippen molar-refractivity contribution < 1.29 is 27.4 Å². The van der Waals surface area contributed by atoms with Crippen LogP contribution in [-0.4, -0.2) is 19.7 Å². The molecular formula is C25H23F3O3S. The fraction of sp³-hybridized carbons (Fsp3) is 0.240. The Balaban J connectivity index is 2.25. The maximum Gasteiger partial charge on any atom is 0.416 e.